The van der Waals surface area contributed by atoms with E-state index in [1.807, 2.05) is 0 Å². The number of nitro groups is 1. The molecular formula is C11H13FN2O5. The van der Waals surface area contributed by atoms with Crippen LogP contribution in [-0.2, 0) is 0 Å². The fraction of sp³-hybridized carbons (Fsp3) is 0.364. The molecule has 1 aromatic rings. The van der Waals surface area contributed by atoms with Gasteiger partial charge in [0.2, 0.25) is 0 Å². The summed E-state index contributed by atoms with van der Waals surface area (Å²) in [5, 5.41) is 28.4. The van der Waals surface area contributed by atoms with Crippen LogP contribution in [0, 0.1) is 15.9 Å². The molecule has 0 saturated heterocycles. The van der Waals surface area contributed by atoms with Crippen molar-refractivity contribution in [3.05, 3.63) is 39.7 Å². The highest BCUT2D eigenvalue weighted by Gasteiger charge is 2.24. The normalized spacial score (nSPS) is 10.3. The SMILES string of the molecule is O=C(c1cc(F)ccc1[N+](=O)[O-])N(CCO)CCO. The molecule has 104 valence electrons. The molecule has 0 fully saturated rings. The van der Waals surface area contributed by atoms with Gasteiger partial charge in [0, 0.05) is 19.2 Å². The van der Waals surface area contributed by atoms with E-state index in [1.165, 1.54) is 0 Å². The molecule has 0 aliphatic heterocycles. The van der Waals surface area contributed by atoms with E-state index in [0.29, 0.717) is 0 Å². The molecule has 1 rings (SSSR count). The van der Waals surface area contributed by atoms with E-state index >= 15 is 0 Å². The van der Waals surface area contributed by atoms with Crippen LogP contribution < -0.4 is 0 Å². The number of halogens is 1. The third-order valence-electron chi connectivity index (χ3n) is 2.41. The highest BCUT2D eigenvalue weighted by molar-refractivity contribution is 5.98. The fourth-order valence-electron chi connectivity index (χ4n) is 1.57. The van der Waals surface area contributed by atoms with Crippen molar-refractivity contribution in [3.8, 4) is 0 Å². The third-order valence-corrected chi connectivity index (χ3v) is 2.41. The summed E-state index contributed by atoms with van der Waals surface area (Å²) in [4.78, 5) is 23.1. The van der Waals surface area contributed by atoms with E-state index in [4.69, 9.17) is 10.2 Å². The summed E-state index contributed by atoms with van der Waals surface area (Å²) in [6, 6.07) is 2.55. The summed E-state index contributed by atoms with van der Waals surface area (Å²) in [5.41, 5.74) is -0.931. The fourth-order valence-corrected chi connectivity index (χ4v) is 1.57. The van der Waals surface area contributed by atoms with Crippen molar-refractivity contribution in [1.82, 2.24) is 4.90 Å². The molecule has 0 aliphatic carbocycles. The van der Waals surface area contributed by atoms with Gasteiger partial charge in [-0.2, -0.15) is 0 Å². The van der Waals surface area contributed by atoms with Crippen LogP contribution in [-0.4, -0.2) is 52.2 Å². The second-order valence-electron chi connectivity index (χ2n) is 3.66. The number of nitrogens with zero attached hydrogens (tertiary/aromatic N) is 2. The van der Waals surface area contributed by atoms with Gasteiger partial charge in [-0.1, -0.05) is 0 Å². The van der Waals surface area contributed by atoms with Crippen LogP contribution in [0.15, 0.2) is 18.2 Å². The van der Waals surface area contributed by atoms with Gasteiger partial charge in [-0.05, 0) is 12.1 Å². The quantitative estimate of drug-likeness (QED) is 0.567. The van der Waals surface area contributed by atoms with E-state index in [-0.39, 0.29) is 26.3 Å². The number of carbonyl (C=O) groups is 1. The molecule has 1 aromatic carbocycles. The minimum Gasteiger partial charge on any atom is -0.395 e. The minimum atomic E-state index is -0.811. The molecule has 0 radical (unpaired) electrons. The number of carbonyl (C=O) groups excluding carboxylic acids is 1. The van der Waals surface area contributed by atoms with E-state index in [9.17, 15) is 19.3 Å². The zero-order valence-corrected chi connectivity index (χ0v) is 9.95. The summed E-state index contributed by atoms with van der Waals surface area (Å²) in [6.07, 6.45) is 0. The number of rotatable bonds is 6. The lowest BCUT2D eigenvalue weighted by Crippen LogP contribution is -2.36. The van der Waals surface area contributed by atoms with Crippen molar-refractivity contribution in [2.45, 2.75) is 0 Å². The van der Waals surface area contributed by atoms with Crippen molar-refractivity contribution >= 4 is 11.6 Å². The number of benzene rings is 1. The summed E-state index contributed by atoms with van der Waals surface area (Å²) in [6.45, 7) is -0.941. The van der Waals surface area contributed by atoms with E-state index < -0.39 is 27.9 Å². The lowest BCUT2D eigenvalue weighted by molar-refractivity contribution is -0.385. The van der Waals surface area contributed by atoms with Crippen LogP contribution in [0.5, 0.6) is 0 Å². The maximum atomic E-state index is 13.1. The van der Waals surface area contributed by atoms with Gasteiger partial charge >= 0.3 is 0 Å². The molecule has 8 heteroatoms. The molecular weight excluding hydrogens is 259 g/mol. The first-order valence-corrected chi connectivity index (χ1v) is 5.46. The van der Waals surface area contributed by atoms with E-state index in [0.717, 1.165) is 23.1 Å². The molecule has 0 atom stereocenters. The minimum absolute atomic E-state index is 0.104. The van der Waals surface area contributed by atoms with Gasteiger partial charge in [-0.25, -0.2) is 4.39 Å². The smallest absolute Gasteiger partial charge is 0.282 e. The zero-order valence-electron chi connectivity index (χ0n) is 9.95. The van der Waals surface area contributed by atoms with Gasteiger partial charge in [0.1, 0.15) is 11.4 Å². The Morgan fingerprint density at radius 2 is 1.89 bits per heavy atom. The highest BCUT2D eigenvalue weighted by Crippen LogP contribution is 2.21. The maximum absolute atomic E-state index is 13.1. The average molecular weight is 272 g/mol. The highest BCUT2D eigenvalue weighted by atomic mass is 19.1. The number of aliphatic hydroxyl groups excluding tert-OH is 2. The van der Waals surface area contributed by atoms with E-state index in [1.54, 1.807) is 0 Å². The predicted molar refractivity (Wildman–Crippen MR) is 63.1 cm³/mol. The Morgan fingerprint density at radius 1 is 1.32 bits per heavy atom. The predicted octanol–water partition coefficient (Wildman–Crippen LogP) is 0.161. The second kappa shape index (κ2) is 6.76. The summed E-state index contributed by atoms with van der Waals surface area (Å²) >= 11 is 0. The van der Waals surface area contributed by atoms with Crippen LogP contribution in [0.1, 0.15) is 10.4 Å². The lowest BCUT2D eigenvalue weighted by atomic mass is 10.1. The summed E-state index contributed by atoms with van der Waals surface area (Å²) < 4.78 is 13.1. The Morgan fingerprint density at radius 3 is 2.37 bits per heavy atom. The molecule has 0 spiro atoms. The number of amides is 1. The van der Waals surface area contributed by atoms with Gasteiger partial charge in [-0.3, -0.25) is 14.9 Å². The van der Waals surface area contributed by atoms with E-state index in [2.05, 4.69) is 0 Å². The topological polar surface area (TPSA) is 104 Å². The van der Waals surface area contributed by atoms with Crippen molar-refractivity contribution < 1.29 is 24.3 Å². The Kier molecular flexibility index (Phi) is 5.34. The van der Waals surface area contributed by atoms with Crippen LogP contribution in [0.25, 0.3) is 0 Å². The van der Waals surface area contributed by atoms with Gasteiger partial charge in [0.05, 0.1) is 18.1 Å². The van der Waals surface area contributed by atoms with Crippen LogP contribution in [0.3, 0.4) is 0 Å². The van der Waals surface area contributed by atoms with Gasteiger partial charge in [-0.15, -0.1) is 0 Å². The van der Waals surface area contributed by atoms with Gasteiger partial charge in [0.15, 0.2) is 0 Å². The standard InChI is InChI=1S/C11H13FN2O5/c12-8-1-2-10(14(18)19)9(7-8)11(17)13(3-5-15)4-6-16/h1-2,7,15-16H,3-6H2. The molecule has 0 heterocycles. The molecule has 7 nitrogen and oxygen atoms in total. The number of hydrogen-bond acceptors (Lipinski definition) is 5. The molecule has 0 aromatic heterocycles. The van der Waals surface area contributed by atoms with Crippen molar-refractivity contribution in [2.75, 3.05) is 26.3 Å². The van der Waals surface area contributed by atoms with Crippen molar-refractivity contribution in [3.63, 3.8) is 0 Å². The van der Waals surface area contributed by atoms with Gasteiger partial charge < -0.3 is 15.1 Å². The first-order chi connectivity index (χ1) is 9.01. The number of aliphatic hydroxyl groups is 2. The van der Waals surface area contributed by atoms with Crippen LogP contribution in [0.2, 0.25) is 0 Å². The molecule has 2 N–H and O–H groups in total. The summed E-state index contributed by atoms with van der Waals surface area (Å²) in [5.74, 6) is -1.59. The maximum Gasteiger partial charge on any atom is 0.282 e. The Bertz CT molecular complexity index is 474. The second-order valence-corrected chi connectivity index (χ2v) is 3.66. The molecule has 0 unspecified atom stereocenters. The van der Waals surface area contributed by atoms with Crippen LogP contribution in [0.4, 0.5) is 10.1 Å². The van der Waals surface area contributed by atoms with Crippen molar-refractivity contribution in [1.29, 1.82) is 0 Å². The zero-order chi connectivity index (χ0) is 14.4. The molecule has 1 amide bonds. The average Bonchev–Trinajstić information content (AvgIpc) is 2.37. The molecule has 0 aliphatic rings. The Hall–Kier alpha value is -2.06. The molecule has 0 saturated carbocycles. The summed E-state index contributed by atoms with van der Waals surface area (Å²) in [7, 11) is 0. The first kappa shape index (κ1) is 15.0. The lowest BCUT2D eigenvalue weighted by Gasteiger charge is -2.20. The largest absolute Gasteiger partial charge is 0.395 e. The Balaban J connectivity index is 3.15. The van der Waals surface area contributed by atoms with Gasteiger partial charge in [0.25, 0.3) is 11.6 Å². The van der Waals surface area contributed by atoms with Crippen LogP contribution >= 0.6 is 0 Å². The molecule has 0 bridgehead atoms. The Labute approximate surface area is 108 Å². The molecule has 19 heavy (non-hydrogen) atoms. The third kappa shape index (κ3) is 3.70. The van der Waals surface area contributed by atoms with Crippen molar-refractivity contribution in [2.24, 2.45) is 0 Å². The monoisotopic (exact) mass is 272 g/mol. The number of nitro benzene ring substituents is 1. The first-order valence-electron chi connectivity index (χ1n) is 5.46. The number of hydrogen-bond donors (Lipinski definition) is 2.